The number of aromatic nitrogens is 1. The van der Waals surface area contributed by atoms with Crippen LogP contribution in [0.15, 0.2) is 36.4 Å². The van der Waals surface area contributed by atoms with Gasteiger partial charge in [-0.25, -0.2) is 4.98 Å². The molecule has 3 aromatic rings. The number of carbonyl (C=O) groups excluding carboxylic acids is 2. The van der Waals surface area contributed by atoms with Crippen molar-refractivity contribution < 1.29 is 14.3 Å². The van der Waals surface area contributed by atoms with E-state index in [0.29, 0.717) is 17.9 Å². The number of para-hydroxylation sites is 1. The predicted octanol–water partition coefficient (Wildman–Crippen LogP) is 5.19. The van der Waals surface area contributed by atoms with Crippen molar-refractivity contribution in [3.63, 3.8) is 0 Å². The van der Waals surface area contributed by atoms with Crippen molar-refractivity contribution in [1.82, 2.24) is 4.98 Å². The van der Waals surface area contributed by atoms with Crippen LogP contribution < -0.4 is 15.0 Å². The van der Waals surface area contributed by atoms with Crippen LogP contribution in [0.4, 0.5) is 11.4 Å². The van der Waals surface area contributed by atoms with Gasteiger partial charge in [-0.1, -0.05) is 25.1 Å². The summed E-state index contributed by atoms with van der Waals surface area (Å²) in [5, 5.41) is 3.97. The van der Waals surface area contributed by atoms with E-state index in [9.17, 15) is 9.59 Å². The molecule has 32 heavy (non-hydrogen) atoms. The Labute approximate surface area is 192 Å². The zero-order chi connectivity index (χ0) is 23.0. The minimum atomic E-state index is -0.607. The number of rotatable bonds is 5. The summed E-state index contributed by atoms with van der Waals surface area (Å²) in [6.45, 7) is 9.73. The maximum Gasteiger partial charge on any atom is 0.268 e. The topological polar surface area (TPSA) is 71.5 Å². The molecule has 166 valence electrons. The van der Waals surface area contributed by atoms with Gasteiger partial charge in [-0.2, -0.15) is 0 Å². The number of nitrogens with zero attached hydrogens (tertiary/aromatic N) is 2. The number of nitrogens with one attached hydrogen (secondary N) is 1. The van der Waals surface area contributed by atoms with Crippen LogP contribution in [0.5, 0.6) is 5.75 Å². The van der Waals surface area contributed by atoms with Gasteiger partial charge >= 0.3 is 0 Å². The number of benzene rings is 2. The molecule has 1 aromatic heterocycles. The summed E-state index contributed by atoms with van der Waals surface area (Å²) in [6.07, 6.45) is -0.0796. The van der Waals surface area contributed by atoms with Gasteiger partial charge in [-0.15, -0.1) is 11.3 Å². The van der Waals surface area contributed by atoms with Gasteiger partial charge in [-0.3, -0.25) is 14.5 Å². The molecule has 6 nitrogen and oxygen atoms in total. The second kappa shape index (κ2) is 8.74. The van der Waals surface area contributed by atoms with Crippen molar-refractivity contribution in [2.75, 3.05) is 16.8 Å². The molecule has 1 N–H and O–H groups in total. The van der Waals surface area contributed by atoms with Gasteiger partial charge in [0.25, 0.3) is 5.91 Å². The predicted molar refractivity (Wildman–Crippen MR) is 129 cm³/mol. The molecule has 1 atom stereocenters. The SMILES string of the molecule is CCC1Oc2ccc(-c3nc(C)sc3C)cc2N(CC(=O)Nc2c(C)cccc2C)C1=O. The third-order valence-electron chi connectivity index (χ3n) is 5.66. The largest absolute Gasteiger partial charge is 0.478 e. The minimum absolute atomic E-state index is 0.0853. The molecule has 1 aliphatic heterocycles. The lowest BCUT2D eigenvalue weighted by molar-refractivity contribution is -0.128. The molecule has 0 fully saturated rings. The fraction of sp³-hybridized carbons (Fsp3) is 0.320. The van der Waals surface area contributed by atoms with Crippen LogP contribution in [0.25, 0.3) is 11.3 Å². The second-order valence-electron chi connectivity index (χ2n) is 8.07. The molecule has 2 amide bonds. The first-order valence-corrected chi connectivity index (χ1v) is 11.5. The van der Waals surface area contributed by atoms with E-state index in [4.69, 9.17) is 4.74 Å². The zero-order valence-electron chi connectivity index (χ0n) is 19.0. The molecule has 0 spiro atoms. The van der Waals surface area contributed by atoms with E-state index in [1.807, 2.05) is 71.0 Å². The van der Waals surface area contributed by atoms with Crippen molar-refractivity contribution in [3.8, 4) is 17.0 Å². The lowest BCUT2D eigenvalue weighted by atomic mass is 10.1. The van der Waals surface area contributed by atoms with Gasteiger partial charge in [0.05, 0.1) is 16.4 Å². The van der Waals surface area contributed by atoms with Crippen molar-refractivity contribution in [1.29, 1.82) is 0 Å². The van der Waals surface area contributed by atoms with E-state index in [1.54, 1.807) is 11.3 Å². The first-order chi connectivity index (χ1) is 15.3. The van der Waals surface area contributed by atoms with Crippen LogP contribution in [0.1, 0.15) is 34.4 Å². The van der Waals surface area contributed by atoms with Crippen molar-refractivity contribution >= 4 is 34.5 Å². The standard InChI is InChI=1S/C25H27N3O3S/c1-6-20-25(30)28(13-22(29)27-23-14(2)8-7-9-15(23)3)19-12-18(10-11-21(19)31-20)24-16(4)32-17(5)26-24/h7-12,20H,6,13H2,1-5H3,(H,27,29). The number of aryl methyl sites for hydroxylation is 4. The van der Waals surface area contributed by atoms with Gasteiger partial charge in [0.15, 0.2) is 6.10 Å². The molecule has 1 aliphatic rings. The molecule has 0 saturated heterocycles. The van der Waals surface area contributed by atoms with E-state index >= 15 is 0 Å². The molecular formula is C25H27N3O3S. The first-order valence-electron chi connectivity index (χ1n) is 10.7. The number of ether oxygens (including phenoxy) is 1. The van der Waals surface area contributed by atoms with Crippen molar-refractivity contribution in [3.05, 3.63) is 57.4 Å². The highest BCUT2D eigenvalue weighted by Gasteiger charge is 2.35. The average Bonchev–Trinajstić information content (AvgIpc) is 3.10. The third kappa shape index (κ3) is 4.12. The Balaban J connectivity index is 1.68. The smallest absolute Gasteiger partial charge is 0.268 e. The molecule has 0 aliphatic carbocycles. The van der Waals surface area contributed by atoms with Crippen LogP contribution >= 0.6 is 11.3 Å². The normalized spacial score (nSPS) is 15.3. The Morgan fingerprint density at radius 1 is 1.16 bits per heavy atom. The number of anilines is 2. The molecule has 2 heterocycles. The third-order valence-corrected chi connectivity index (χ3v) is 6.54. The summed E-state index contributed by atoms with van der Waals surface area (Å²) in [5.41, 5.74) is 5.13. The van der Waals surface area contributed by atoms with E-state index in [-0.39, 0.29) is 18.4 Å². The highest BCUT2D eigenvalue weighted by Crippen LogP contribution is 2.39. The van der Waals surface area contributed by atoms with Crippen LogP contribution in [-0.2, 0) is 9.59 Å². The number of thiazole rings is 1. The molecular weight excluding hydrogens is 422 g/mol. The van der Waals surface area contributed by atoms with Crippen LogP contribution in [0, 0.1) is 27.7 Å². The molecule has 1 unspecified atom stereocenters. The van der Waals surface area contributed by atoms with Gasteiger partial charge in [0, 0.05) is 16.1 Å². The second-order valence-corrected chi connectivity index (χ2v) is 9.48. The lowest BCUT2D eigenvalue weighted by Crippen LogP contribution is -2.48. The van der Waals surface area contributed by atoms with Gasteiger partial charge in [0.1, 0.15) is 12.3 Å². The molecule has 0 bridgehead atoms. The number of amides is 2. The fourth-order valence-corrected chi connectivity index (χ4v) is 4.86. The first kappa shape index (κ1) is 22.0. The van der Waals surface area contributed by atoms with Gasteiger partial charge in [-0.05, 0) is 63.4 Å². The minimum Gasteiger partial charge on any atom is -0.478 e. The van der Waals surface area contributed by atoms with Gasteiger partial charge < -0.3 is 10.1 Å². The summed E-state index contributed by atoms with van der Waals surface area (Å²) in [5.74, 6) is 0.147. The molecule has 2 aromatic carbocycles. The molecule has 4 rings (SSSR count). The molecule has 0 saturated carbocycles. The van der Waals surface area contributed by atoms with Crippen LogP contribution in [0.2, 0.25) is 0 Å². The van der Waals surface area contributed by atoms with Crippen molar-refractivity contribution in [2.24, 2.45) is 0 Å². The Bertz CT molecular complexity index is 1180. The highest BCUT2D eigenvalue weighted by atomic mass is 32.1. The Morgan fingerprint density at radius 2 is 1.88 bits per heavy atom. The Kier molecular flexibility index (Phi) is 6.02. The maximum absolute atomic E-state index is 13.2. The summed E-state index contributed by atoms with van der Waals surface area (Å²) in [7, 11) is 0. The molecule has 7 heteroatoms. The number of hydrogen-bond acceptors (Lipinski definition) is 5. The van der Waals surface area contributed by atoms with E-state index < -0.39 is 6.10 Å². The highest BCUT2D eigenvalue weighted by molar-refractivity contribution is 7.11. The number of hydrogen-bond donors (Lipinski definition) is 1. The van der Waals surface area contributed by atoms with Gasteiger partial charge in [0.2, 0.25) is 5.91 Å². The number of fused-ring (bicyclic) bond motifs is 1. The van der Waals surface area contributed by atoms with E-state index in [1.165, 1.54) is 4.90 Å². The summed E-state index contributed by atoms with van der Waals surface area (Å²) < 4.78 is 5.95. The Morgan fingerprint density at radius 3 is 2.50 bits per heavy atom. The van der Waals surface area contributed by atoms with Crippen molar-refractivity contribution in [2.45, 2.75) is 47.1 Å². The van der Waals surface area contributed by atoms with E-state index in [0.717, 1.165) is 38.0 Å². The maximum atomic E-state index is 13.2. The summed E-state index contributed by atoms with van der Waals surface area (Å²) >= 11 is 1.63. The monoisotopic (exact) mass is 449 g/mol. The quantitative estimate of drug-likeness (QED) is 0.582. The molecule has 0 radical (unpaired) electrons. The number of carbonyl (C=O) groups is 2. The van der Waals surface area contributed by atoms with Crippen LogP contribution in [0.3, 0.4) is 0 Å². The fourth-order valence-electron chi connectivity index (χ4n) is 4.02. The average molecular weight is 450 g/mol. The lowest BCUT2D eigenvalue weighted by Gasteiger charge is -2.34. The summed E-state index contributed by atoms with van der Waals surface area (Å²) in [6, 6.07) is 11.6. The zero-order valence-corrected chi connectivity index (χ0v) is 19.8. The Hall–Kier alpha value is -3.19. The van der Waals surface area contributed by atoms with E-state index in [2.05, 4.69) is 10.3 Å². The van der Waals surface area contributed by atoms with Crippen LogP contribution in [-0.4, -0.2) is 29.4 Å². The summed E-state index contributed by atoms with van der Waals surface area (Å²) in [4.78, 5) is 33.4.